The molecule has 1 N–H and O–H groups in total. The molecule has 1 aliphatic heterocycles. The number of rotatable bonds is 2. The van der Waals surface area contributed by atoms with E-state index in [-0.39, 0.29) is 0 Å². The topological polar surface area (TPSA) is 30.5 Å². The van der Waals surface area contributed by atoms with Crippen LogP contribution in [0.4, 0.5) is 5.69 Å². The lowest BCUT2D eigenvalue weighted by atomic mass is 9.95. The molecule has 1 aromatic rings. The third kappa shape index (κ3) is 2.04. The molecule has 19 heavy (non-hydrogen) atoms. The summed E-state index contributed by atoms with van der Waals surface area (Å²) in [4.78, 5) is 0. The Kier molecular flexibility index (Phi) is 2.76. The molecule has 4 heteroatoms. The van der Waals surface area contributed by atoms with E-state index in [4.69, 9.17) is 21.1 Å². The molecular weight excluding hydrogens is 262 g/mol. The van der Waals surface area contributed by atoms with E-state index in [1.54, 1.807) is 0 Å². The van der Waals surface area contributed by atoms with Gasteiger partial charge in [-0.3, -0.25) is 0 Å². The predicted molar refractivity (Wildman–Crippen MR) is 75.3 cm³/mol. The lowest BCUT2D eigenvalue weighted by Crippen LogP contribution is -2.26. The lowest BCUT2D eigenvalue weighted by Gasteiger charge is -2.26. The van der Waals surface area contributed by atoms with Gasteiger partial charge in [-0.1, -0.05) is 18.0 Å². The maximum atomic E-state index is 6.34. The van der Waals surface area contributed by atoms with Gasteiger partial charge in [-0.05, 0) is 31.1 Å². The molecule has 0 saturated heterocycles. The molecule has 2 bridgehead atoms. The summed E-state index contributed by atoms with van der Waals surface area (Å²) in [5.74, 6) is 3.32. The van der Waals surface area contributed by atoms with E-state index >= 15 is 0 Å². The van der Waals surface area contributed by atoms with Gasteiger partial charge in [0.1, 0.15) is 13.2 Å². The fraction of sp³-hybridized carbons (Fsp3) is 0.600. The summed E-state index contributed by atoms with van der Waals surface area (Å²) in [6.07, 6.45) is 5.46. The largest absolute Gasteiger partial charge is 0.486 e. The van der Waals surface area contributed by atoms with Gasteiger partial charge in [0.15, 0.2) is 11.5 Å². The maximum absolute atomic E-state index is 6.34. The number of nitrogens with one attached hydrogen (secondary N) is 1. The molecular formula is C15H18ClNO2. The zero-order valence-electron chi connectivity index (χ0n) is 10.8. The van der Waals surface area contributed by atoms with Crippen LogP contribution in [0.5, 0.6) is 11.5 Å². The van der Waals surface area contributed by atoms with Gasteiger partial charge in [-0.25, -0.2) is 0 Å². The van der Waals surface area contributed by atoms with E-state index in [0.29, 0.717) is 19.3 Å². The van der Waals surface area contributed by atoms with Crippen molar-refractivity contribution in [3.8, 4) is 11.5 Å². The van der Waals surface area contributed by atoms with Crippen molar-refractivity contribution >= 4 is 17.3 Å². The third-order valence-corrected chi connectivity index (χ3v) is 5.02. The first-order chi connectivity index (χ1) is 9.29. The van der Waals surface area contributed by atoms with Gasteiger partial charge >= 0.3 is 0 Å². The second-order valence-corrected chi connectivity index (χ2v) is 6.31. The van der Waals surface area contributed by atoms with Crippen molar-refractivity contribution in [3.05, 3.63) is 17.2 Å². The first-order valence-electron chi connectivity index (χ1n) is 7.15. The minimum absolute atomic E-state index is 0.582. The summed E-state index contributed by atoms with van der Waals surface area (Å²) in [7, 11) is 0. The van der Waals surface area contributed by atoms with Crippen LogP contribution in [0.1, 0.15) is 25.7 Å². The summed E-state index contributed by atoms with van der Waals surface area (Å²) >= 11 is 6.34. The summed E-state index contributed by atoms with van der Waals surface area (Å²) in [5, 5.41) is 4.35. The van der Waals surface area contributed by atoms with Crippen LogP contribution in [0.2, 0.25) is 5.02 Å². The quantitative estimate of drug-likeness (QED) is 0.895. The summed E-state index contributed by atoms with van der Waals surface area (Å²) in [6.45, 7) is 1.21. The van der Waals surface area contributed by atoms with Gasteiger partial charge in [0.25, 0.3) is 0 Å². The van der Waals surface area contributed by atoms with Crippen LogP contribution in [0.15, 0.2) is 12.1 Å². The highest BCUT2D eigenvalue weighted by Gasteiger charge is 2.39. The normalized spacial score (nSPS) is 31.5. The lowest BCUT2D eigenvalue weighted by molar-refractivity contribution is 0.171. The van der Waals surface area contributed by atoms with E-state index in [9.17, 15) is 0 Å². The number of hydrogen-bond donors (Lipinski definition) is 1. The zero-order chi connectivity index (χ0) is 12.8. The molecule has 4 rings (SSSR count). The SMILES string of the molecule is Clc1cc2c(cc1NC1CC3CCC1C3)OCCO2. The minimum Gasteiger partial charge on any atom is -0.486 e. The Bertz CT molecular complexity index is 505. The Morgan fingerprint density at radius 1 is 1.05 bits per heavy atom. The van der Waals surface area contributed by atoms with Gasteiger partial charge in [0, 0.05) is 18.2 Å². The zero-order valence-corrected chi connectivity index (χ0v) is 11.6. The molecule has 3 atom stereocenters. The highest BCUT2D eigenvalue weighted by molar-refractivity contribution is 6.33. The van der Waals surface area contributed by atoms with Crippen molar-refractivity contribution in [3.63, 3.8) is 0 Å². The standard InChI is InChI=1S/C15H18ClNO2/c16-11-7-14-15(19-4-3-18-14)8-13(11)17-12-6-9-1-2-10(12)5-9/h7-10,12,17H,1-6H2. The second kappa shape index (κ2) is 4.48. The Hall–Kier alpha value is -1.09. The van der Waals surface area contributed by atoms with Crippen LogP contribution in [0, 0.1) is 11.8 Å². The van der Waals surface area contributed by atoms with E-state index in [2.05, 4.69) is 5.32 Å². The molecule has 102 valence electrons. The van der Waals surface area contributed by atoms with Crippen LogP contribution in [0.3, 0.4) is 0 Å². The number of halogens is 1. The first kappa shape index (κ1) is 11.7. The summed E-state index contributed by atoms with van der Waals surface area (Å²) in [6, 6.07) is 4.44. The molecule has 0 aromatic heterocycles. The highest BCUT2D eigenvalue weighted by Crippen LogP contribution is 2.47. The molecule has 3 aliphatic rings. The average molecular weight is 280 g/mol. The van der Waals surface area contributed by atoms with Crippen LogP contribution >= 0.6 is 11.6 Å². The average Bonchev–Trinajstić information content (AvgIpc) is 3.02. The van der Waals surface area contributed by atoms with Crippen molar-refractivity contribution in [2.45, 2.75) is 31.7 Å². The molecule has 2 fully saturated rings. The van der Waals surface area contributed by atoms with Crippen molar-refractivity contribution in [2.75, 3.05) is 18.5 Å². The fourth-order valence-corrected chi connectivity index (χ4v) is 4.00. The molecule has 2 aliphatic carbocycles. The second-order valence-electron chi connectivity index (χ2n) is 5.90. The van der Waals surface area contributed by atoms with E-state index in [1.165, 1.54) is 25.7 Å². The van der Waals surface area contributed by atoms with Crippen LogP contribution < -0.4 is 14.8 Å². The van der Waals surface area contributed by atoms with E-state index < -0.39 is 0 Å². The van der Waals surface area contributed by atoms with Crippen LogP contribution in [-0.4, -0.2) is 19.3 Å². The maximum Gasteiger partial charge on any atom is 0.163 e. The van der Waals surface area contributed by atoms with Crippen molar-refractivity contribution in [1.82, 2.24) is 0 Å². The van der Waals surface area contributed by atoms with Gasteiger partial charge in [0.05, 0.1) is 10.7 Å². The number of ether oxygens (including phenoxy) is 2. The highest BCUT2D eigenvalue weighted by atomic mass is 35.5. The Balaban J connectivity index is 1.57. The van der Waals surface area contributed by atoms with Gasteiger partial charge in [-0.15, -0.1) is 0 Å². The van der Waals surface area contributed by atoms with Crippen molar-refractivity contribution in [2.24, 2.45) is 11.8 Å². The van der Waals surface area contributed by atoms with E-state index in [1.807, 2.05) is 12.1 Å². The molecule has 1 heterocycles. The number of anilines is 1. The Morgan fingerprint density at radius 3 is 2.53 bits per heavy atom. The van der Waals surface area contributed by atoms with Crippen LogP contribution in [-0.2, 0) is 0 Å². The number of benzene rings is 1. The summed E-state index contributed by atoms with van der Waals surface area (Å²) < 4.78 is 11.2. The number of hydrogen-bond acceptors (Lipinski definition) is 3. The molecule has 0 spiro atoms. The van der Waals surface area contributed by atoms with Crippen LogP contribution in [0.25, 0.3) is 0 Å². The van der Waals surface area contributed by atoms with E-state index in [0.717, 1.165) is 34.0 Å². The summed E-state index contributed by atoms with van der Waals surface area (Å²) in [5.41, 5.74) is 0.989. The molecule has 3 unspecified atom stereocenters. The third-order valence-electron chi connectivity index (χ3n) is 4.71. The smallest absolute Gasteiger partial charge is 0.163 e. The number of fused-ring (bicyclic) bond motifs is 3. The molecule has 0 radical (unpaired) electrons. The van der Waals surface area contributed by atoms with Crippen molar-refractivity contribution < 1.29 is 9.47 Å². The fourth-order valence-electron chi connectivity index (χ4n) is 3.80. The van der Waals surface area contributed by atoms with Gasteiger partial charge in [-0.2, -0.15) is 0 Å². The van der Waals surface area contributed by atoms with Crippen molar-refractivity contribution in [1.29, 1.82) is 0 Å². The monoisotopic (exact) mass is 279 g/mol. The first-order valence-corrected chi connectivity index (χ1v) is 7.53. The minimum atomic E-state index is 0.582. The molecule has 0 amide bonds. The Morgan fingerprint density at radius 2 is 1.84 bits per heavy atom. The predicted octanol–water partition coefficient (Wildman–Crippen LogP) is 3.71. The molecule has 3 nitrogen and oxygen atoms in total. The molecule has 1 aromatic carbocycles. The Labute approximate surface area is 118 Å². The van der Waals surface area contributed by atoms with Gasteiger partial charge < -0.3 is 14.8 Å². The molecule has 2 saturated carbocycles. The van der Waals surface area contributed by atoms with Gasteiger partial charge in [0.2, 0.25) is 0 Å².